The summed E-state index contributed by atoms with van der Waals surface area (Å²) in [4.78, 5) is 18.1. The van der Waals surface area contributed by atoms with Crippen LogP contribution in [0.5, 0.6) is 0 Å². The number of carbonyl (C=O) groups excluding carboxylic acids is 1. The summed E-state index contributed by atoms with van der Waals surface area (Å²) in [5, 5.41) is 6.92. The molecule has 0 fully saturated rings. The maximum absolute atomic E-state index is 13.0. The highest BCUT2D eigenvalue weighted by atomic mass is 32.2. The van der Waals surface area contributed by atoms with Gasteiger partial charge >= 0.3 is 0 Å². The zero-order valence-electron chi connectivity index (χ0n) is 17.4. The van der Waals surface area contributed by atoms with Crippen molar-refractivity contribution in [3.8, 4) is 11.1 Å². The first-order valence-electron chi connectivity index (χ1n) is 10.1. The highest BCUT2D eigenvalue weighted by Gasteiger charge is 2.16. The molecule has 0 saturated heterocycles. The van der Waals surface area contributed by atoms with Gasteiger partial charge in [0.2, 0.25) is 5.89 Å². The molecule has 0 spiro atoms. The number of rotatable bonds is 7. The molecule has 0 saturated carbocycles. The van der Waals surface area contributed by atoms with Gasteiger partial charge in [-0.3, -0.25) is 4.79 Å². The van der Waals surface area contributed by atoms with Gasteiger partial charge in [0.05, 0.1) is 17.4 Å². The van der Waals surface area contributed by atoms with Crippen LogP contribution >= 0.6 is 11.8 Å². The molecule has 4 aromatic rings. The van der Waals surface area contributed by atoms with E-state index in [9.17, 15) is 4.79 Å². The fourth-order valence-corrected chi connectivity index (χ4v) is 4.16. The third kappa shape index (κ3) is 5.22. The van der Waals surface area contributed by atoms with E-state index < -0.39 is 0 Å². The van der Waals surface area contributed by atoms with Crippen LogP contribution in [-0.4, -0.2) is 16.0 Å². The van der Waals surface area contributed by atoms with Crippen LogP contribution in [-0.2, 0) is 5.75 Å². The molecule has 1 atom stereocenters. The zero-order valence-corrected chi connectivity index (χ0v) is 18.2. The molecule has 0 aliphatic rings. The molecule has 156 valence electrons. The lowest BCUT2D eigenvalue weighted by Gasteiger charge is -2.16. The van der Waals surface area contributed by atoms with Gasteiger partial charge in [0.25, 0.3) is 5.91 Å². The van der Waals surface area contributed by atoms with Gasteiger partial charge in [0, 0.05) is 4.90 Å². The van der Waals surface area contributed by atoms with Crippen molar-refractivity contribution in [3.05, 3.63) is 102 Å². The molecule has 1 N–H and O–H groups in total. The maximum Gasteiger partial charge on any atom is 0.252 e. The van der Waals surface area contributed by atoms with Crippen LogP contribution in [0.4, 0.5) is 0 Å². The summed E-state index contributed by atoms with van der Waals surface area (Å²) in [6.07, 6.45) is 0. The molecule has 0 unspecified atom stereocenters. The van der Waals surface area contributed by atoms with E-state index >= 15 is 0 Å². The summed E-state index contributed by atoms with van der Waals surface area (Å²) in [5.74, 6) is 1.56. The van der Waals surface area contributed by atoms with Gasteiger partial charge in [-0.25, -0.2) is 0 Å². The Labute approximate surface area is 185 Å². The Morgan fingerprint density at radius 3 is 2.35 bits per heavy atom. The Morgan fingerprint density at radius 2 is 1.65 bits per heavy atom. The molecule has 4 rings (SSSR count). The second kappa shape index (κ2) is 9.62. The van der Waals surface area contributed by atoms with Crippen LogP contribution in [0.1, 0.15) is 40.6 Å². The summed E-state index contributed by atoms with van der Waals surface area (Å²) < 4.78 is 5.17. The van der Waals surface area contributed by atoms with Crippen molar-refractivity contribution < 1.29 is 9.32 Å². The SMILES string of the molecule is Cc1noc(CSc2ccccc2C(=O)N[C@H](C)c2ccc(-c3ccccc3)cc2)n1. The molecule has 0 bridgehead atoms. The monoisotopic (exact) mass is 429 g/mol. The van der Waals surface area contributed by atoms with Gasteiger partial charge in [0.1, 0.15) is 0 Å². The van der Waals surface area contributed by atoms with Gasteiger partial charge < -0.3 is 9.84 Å². The number of amides is 1. The Balaban J connectivity index is 1.43. The van der Waals surface area contributed by atoms with E-state index in [1.54, 1.807) is 6.92 Å². The maximum atomic E-state index is 13.0. The minimum Gasteiger partial charge on any atom is -0.345 e. The Kier molecular flexibility index (Phi) is 6.48. The molecule has 1 heterocycles. The van der Waals surface area contributed by atoms with Crippen molar-refractivity contribution in [1.29, 1.82) is 0 Å². The van der Waals surface area contributed by atoms with Crippen LogP contribution in [0.2, 0.25) is 0 Å². The summed E-state index contributed by atoms with van der Waals surface area (Å²) in [7, 11) is 0. The molecule has 31 heavy (non-hydrogen) atoms. The topological polar surface area (TPSA) is 68.0 Å². The van der Waals surface area contributed by atoms with E-state index in [2.05, 4.69) is 51.9 Å². The van der Waals surface area contributed by atoms with Crippen molar-refractivity contribution in [2.24, 2.45) is 0 Å². The molecule has 1 aromatic heterocycles. The Hall–Kier alpha value is -3.38. The molecule has 0 aliphatic carbocycles. The second-order valence-electron chi connectivity index (χ2n) is 7.20. The van der Waals surface area contributed by atoms with E-state index in [1.165, 1.54) is 17.3 Å². The lowest BCUT2D eigenvalue weighted by Crippen LogP contribution is -2.27. The first-order chi connectivity index (χ1) is 15.1. The van der Waals surface area contributed by atoms with Crippen molar-refractivity contribution in [3.63, 3.8) is 0 Å². The number of nitrogens with one attached hydrogen (secondary N) is 1. The largest absolute Gasteiger partial charge is 0.345 e. The highest BCUT2D eigenvalue weighted by Crippen LogP contribution is 2.27. The number of hydrogen-bond donors (Lipinski definition) is 1. The molecule has 5 nitrogen and oxygen atoms in total. The normalized spacial score (nSPS) is 11.8. The molecule has 3 aromatic carbocycles. The van der Waals surface area contributed by atoms with E-state index in [4.69, 9.17) is 4.52 Å². The molecular weight excluding hydrogens is 406 g/mol. The lowest BCUT2D eigenvalue weighted by atomic mass is 10.0. The molecular formula is C25H23N3O2S. The van der Waals surface area contributed by atoms with Gasteiger partial charge in [0.15, 0.2) is 5.82 Å². The molecule has 0 radical (unpaired) electrons. The van der Waals surface area contributed by atoms with Gasteiger partial charge in [-0.15, -0.1) is 11.8 Å². The summed E-state index contributed by atoms with van der Waals surface area (Å²) in [6, 6.07) is 26.0. The van der Waals surface area contributed by atoms with Gasteiger partial charge in [-0.2, -0.15) is 4.98 Å². The van der Waals surface area contributed by atoms with E-state index in [1.807, 2.05) is 49.4 Å². The van der Waals surface area contributed by atoms with Gasteiger partial charge in [-0.05, 0) is 42.7 Å². The van der Waals surface area contributed by atoms with E-state index in [0.717, 1.165) is 16.0 Å². The number of hydrogen-bond acceptors (Lipinski definition) is 5. The minimum atomic E-state index is -0.117. The van der Waals surface area contributed by atoms with Crippen molar-refractivity contribution in [2.45, 2.75) is 30.5 Å². The summed E-state index contributed by atoms with van der Waals surface area (Å²) in [5.41, 5.74) is 4.02. The first kappa shape index (κ1) is 20.9. The summed E-state index contributed by atoms with van der Waals surface area (Å²) >= 11 is 1.51. The number of nitrogens with zero attached hydrogens (tertiary/aromatic N) is 2. The van der Waals surface area contributed by atoms with Crippen molar-refractivity contribution >= 4 is 17.7 Å². The number of aryl methyl sites for hydroxylation is 1. The lowest BCUT2D eigenvalue weighted by molar-refractivity contribution is 0.0937. The van der Waals surface area contributed by atoms with Crippen LogP contribution in [0.15, 0.2) is 88.3 Å². The standard InChI is InChI=1S/C25H23N3O2S/c1-17(19-12-14-21(15-13-19)20-8-4-3-5-9-20)26-25(29)22-10-6-7-11-23(22)31-16-24-27-18(2)28-30-24/h3-15,17H,16H2,1-2H3,(H,26,29)/t17-/m1/s1. The fourth-order valence-electron chi connectivity index (χ4n) is 3.27. The van der Waals surface area contributed by atoms with Crippen molar-refractivity contribution in [2.75, 3.05) is 0 Å². The summed E-state index contributed by atoms with van der Waals surface area (Å²) in [6.45, 7) is 3.78. The Morgan fingerprint density at radius 1 is 0.968 bits per heavy atom. The van der Waals surface area contributed by atoms with Crippen LogP contribution in [0.25, 0.3) is 11.1 Å². The highest BCUT2D eigenvalue weighted by molar-refractivity contribution is 7.98. The second-order valence-corrected chi connectivity index (χ2v) is 8.22. The third-order valence-electron chi connectivity index (χ3n) is 4.92. The fraction of sp³-hybridized carbons (Fsp3) is 0.160. The van der Waals surface area contributed by atoms with Crippen LogP contribution in [0.3, 0.4) is 0 Å². The number of thioether (sulfide) groups is 1. The zero-order chi connectivity index (χ0) is 21.6. The predicted molar refractivity (Wildman–Crippen MR) is 123 cm³/mol. The minimum absolute atomic E-state index is 0.107. The van der Waals surface area contributed by atoms with Crippen LogP contribution in [0, 0.1) is 6.92 Å². The first-order valence-corrected chi connectivity index (χ1v) is 11.1. The molecule has 1 amide bonds. The Bertz CT molecular complexity index is 1160. The number of benzene rings is 3. The molecule has 0 aliphatic heterocycles. The van der Waals surface area contributed by atoms with Crippen molar-refractivity contribution in [1.82, 2.24) is 15.5 Å². The number of aromatic nitrogens is 2. The smallest absolute Gasteiger partial charge is 0.252 e. The van der Waals surface area contributed by atoms with Gasteiger partial charge in [-0.1, -0.05) is 71.9 Å². The van der Waals surface area contributed by atoms with E-state index in [0.29, 0.717) is 23.0 Å². The average molecular weight is 430 g/mol. The average Bonchev–Trinajstić information content (AvgIpc) is 3.23. The van der Waals surface area contributed by atoms with E-state index in [-0.39, 0.29) is 11.9 Å². The third-order valence-corrected chi connectivity index (χ3v) is 5.98. The molecule has 6 heteroatoms. The van der Waals surface area contributed by atoms with Crippen LogP contribution < -0.4 is 5.32 Å². The quantitative estimate of drug-likeness (QED) is 0.375. The number of carbonyl (C=O) groups is 1. The predicted octanol–water partition coefficient (Wildman–Crippen LogP) is 5.83.